The number of piperidine rings is 1. The Labute approximate surface area is 125 Å². The van der Waals surface area contributed by atoms with Crippen LogP contribution in [0.3, 0.4) is 0 Å². The summed E-state index contributed by atoms with van der Waals surface area (Å²) in [5.74, 6) is -0.443. The number of nitrogens with one attached hydrogen (secondary N) is 1. The molecule has 5 heteroatoms. The van der Waals surface area contributed by atoms with Crippen LogP contribution in [0.4, 0.5) is 5.69 Å². The molecule has 1 aliphatic heterocycles. The Bertz CT molecular complexity index is 522. The van der Waals surface area contributed by atoms with Crippen molar-refractivity contribution in [2.45, 2.75) is 39.2 Å². The molecule has 0 spiro atoms. The zero-order chi connectivity index (χ0) is 15.4. The molecule has 0 bridgehead atoms. The van der Waals surface area contributed by atoms with Crippen molar-refractivity contribution in [1.82, 2.24) is 4.90 Å². The third-order valence-corrected chi connectivity index (χ3v) is 3.79. The molecule has 0 saturated carbocycles. The predicted octanol–water partition coefficient (Wildman–Crippen LogP) is 1.58. The van der Waals surface area contributed by atoms with Crippen molar-refractivity contribution in [2.75, 3.05) is 18.4 Å². The Balaban J connectivity index is 1.98. The number of carbonyl (C=O) groups excluding carboxylic acids is 2. The second kappa shape index (κ2) is 6.72. The fourth-order valence-electron chi connectivity index (χ4n) is 2.93. The summed E-state index contributed by atoms with van der Waals surface area (Å²) >= 11 is 0. The van der Waals surface area contributed by atoms with Gasteiger partial charge >= 0.3 is 0 Å². The smallest absolute Gasteiger partial charge is 0.238 e. The van der Waals surface area contributed by atoms with Gasteiger partial charge in [0, 0.05) is 5.69 Å². The Morgan fingerprint density at radius 2 is 1.90 bits per heavy atom. The number of hydrogen-bond acceptors (Lipinski definition) is 3. The molecule has 114 valence electrons. The van der Waals surface area contributed by atoms with Crippen molar-refractivity contribution in [1.29, 1.82) is 0 Å². The van der Waals surface area contributed by atoms with Gasteiger partial charge in [-0.2, -0.15) is 0 Å². The molecule has 2 rings (SSSR count). The van der Waals surface area contributed by atoms with E-state index in [-0.39, 0.29) is 24.4 Å². The highest BCUT2D eigenvalue weighted by atomic mass is 16.2. The molecular weight excluding hydrogens is 266 g/mol. The van der Waals surface area contributed by atoms with E-state index in [0.717, 1.165) is 42.6 Å². The molecule has 1 atom stereocenters. The molecule has 0 aromatic heterocycles. The lowest BCUT2D eigenvalue weighted by Crippen LogP contribution is -2.50. The van der Waals surface area contributed by atoms with Crippen molar-refractivity contribution in [2.24, 2.45) is 5.73 Å². The summed E-state index contributed by atoms with van der Waals surface area (Å²) in [5, 5.41) is 2.90. The normalized spacial score (nSPS) is 19.2. The minimum atomic E-state index is -0.339. The SMILES string of the molecule is Cc1cc(C)cc(NC(=O)CN2CCCC[C@H]2C(N)=O)c1. The summed E-state index contributed by atoms with van der Waals surface area (Å²) in [4.78, 5) is 25.5. The number of nitrogens with zero attached hydrogens (tertiary/aromatic N) is 1. The minimum Gasteiger partial charge on any atom is -0.368 e. The van der Waals surface area contributed by atoms with E-state index in [1.165, 1.54) is 0 Å². The van der Waals surface area contributed by atoms with Crippen LogP contribution in [0.2, 0.25) is 0 Å². The van der Waals surface area contributed by atoms with E-state index in [4.69, 9.17) is 5.73 Å². The van der Waals surface area contributed by atoms with Gasteiger partial charge in [0.2, 0.25) is 11.8 Å². The Morgan fingerprint density at radius 1 is 1.24 bits per heavy atom. The molecule has 0 radical (unpaired) electrons. The first-order valence-corrected chi connectivity index (χ1v) is 7.37. The number of amides is 2. The Kier molecular flexibility index (Phi) is 4.96. The maximum Gasteiger partial charge on any atom is 0.238 e. The molecular formula is C16H23N3O2. The quantitative estimate of drug-likeness (QED) is 0.883. The molecule has 21 heavy (non-hydrogen) atoms. The number of likely N-dealkylation sites (tertiary alicyclic amines) is 1. The van der Waals surface area contributed by atoms with Crippen LogP contribution in [-0.2, 0) is 9.59 Å². The van der Waals surface area contributed by atoms with Crippen LogP contribution in [0, 0.1) is 13.8 Å². The fraction of sp³-hybridized carbons (Fsp3) is 0.500. The second-order valence-electron chi connectivity index (χ2n) is 5.81. The third kappa shape index (κ3) is 4.29. The number of rotatable bonds is 4. The first kappa shape index (κ1) is 15.5. The zero-order valence-corrected chi connectivity index (χ0v) is 12.7. The van der Waals surface area contributed by atoms with Crippen molar-refractivity contribution in [3.05, 3.63) is 29.3 Å². The lowest BCUT2D eigenvalue weighted by Gasteiger charge is -2.32. The highest BCUT2D eigenvalue weighted by molar-refractivity contribution is 5.93. The topological polar surface area (TPSA) is 75.4 Å². The molecule has 1 fully saturated rings. The summed E-state index contributed by atoms with van der Waals surface area (Å²) in [6.07, 6.45) is 2.73. The summed E-state index contributed by atoms with van der Waals surface area (Å²) in [5.41, 5.74) is 8.43. The molecule has 0 unspecified atom stereocenters. The van der Waals surface area contributed by atoms with E-state index in [2.05, 4.69) is 11.4 Å². The maximum absolute atomic E-state index is 12.2. The van der Waals surface area contributed by atoms with Gasteiger partial charge in [-0.15, -0.1) is 0 Å². The molecule has 0 aliphatic carbocycles. The van der Waals surface area contributed by atoms with Crippen LogP contribution in [-0.4, -0.2) is 35.8 Å². The van der Waals surface area contributed by atoms with Gasteiger partial charge in [-0.1, -0.05) is 12.5 Å². The second-order valence-corrected chi connectivity index (χ2v) is 5.81. The number of benzene rings is 1. The number of nitrogens with two attached hydrogens (primary N) is 1. The van der Waals surface area contributed by atoms with Gasteiger partial charge < -0.3 is 11.1 Å². The highest BCUT2D eigenvalue weighted by Gasteiger charge is 2.28. The van der Waals surface area contributed by atoms with Crippen molar-refractivity contribution >= 4 is 17.5 Å². The number of hydrogen-bond donors (Lipinski definition) is 2. The van der Waals surface area contributed by atoms with E-state index in [0.29, 0.717) is 0 Å². The van der Waals surface area contributed by atoms with E-state index >= 15 is 0 Å². The van der Waals surface area contributed by atoms with Gasteiger partial charge in [-0.3, -0.25) is 14.5 Å². The fourth-order valence-corrected chi connectivity index (χ4v) is 2.93. The van der Waals surface area contributed by atoms with Gasteiger partial charge in [0.15, 0.2) is 0 Å². The molecule has 2 amide bonds. The Hall–Kier alpha value is -1.88. The lowest BCUT2D eigenvalue weighted by molar-refractivity contribution is -0.126. The van der Waals surface area contributed by atoms with Crippen LogP contribution in [0.15, 0.2) is 18.2 Å². The van der Waals surface area contributed by atoms with E-state index in [1.54, 1.807) is 0 Å². The maximum atomic E-state index is 12.2. The predicted molar refractivity (Wildman–Crippen MR) is 83.0 cm³/mol. The summed E-state index contributed by atoms with van der Waals surface area (Å²) in [6.45, 7) is 4.95. The number of aryl methyl sites for hydroxylation is 2. The largest absolute Gasteiger partial charge is 0.368 e. The summed E-state index contributed by atoms with van der Waals surface area (Å²) in [7, 11) is 0. The molecule has 5 nitrogen and oxygen atoms in total. The molecule has 1 heterocycles. The van der Waals surface area contributed by atoms with Gasteiger partial charge in [-0.25, -0.2) is 0 Å². The number of carbonyl (C=O) groups is 2. The molecule has 1 aromatic carbocycles. The zero-order valence-electron chi connectivity index (χ0n) is 12.7. The van der Waals surface area contributed by atoms with Gasteiger partial charge in [0.25, 0.3) is 0 Å². The van der Waals surface area contributed by atoms with Crippen LogP contribution < -0.4 is 11.1 Å². The third-order valence-electron chi connectivity index (χ3n) is 3.79. The standard InChI is InChI=1S/C16H23N3O2/c1-11-7-12(2)9-13(8-11)18-15(20)10-19-6-4-3-5-14(19)16(17)21/h7-9,14H,3-6,10H2,1-2H3,(H2,17,21)(H,18,20)/t14-/m0/s1. The van der Waals surface area contributed by atoms with E-state index in [1.807, 2.05) is 30.9 Å². The van der Waals surface area contributed by atoms with E-state index < -0.39 is 0 Å². The molecule has 1 saturated heterocycles. The van der Waals surface area contributed by atoms with Gasteiger partial charge in [-0.05, 0) is 56.5 Å². The highest BCUT2D eigenvalue weighted by Crippen LogP contribution is 2.17. The van der Waals surface area contributed by atoms with Crippen molar-refractivity contribution in [3.63, 3.8) is 0 Å². The van der Waals surface area contributed by atoms with Crippen LogP contribution in [0.1, 0.15) is 30.4 Å². The van der Waals surface area contributed by atoms with Crippen LogP contribution in [0.25, 0.3) is 0 Å². The van der Waals surface area contributed by atoms with Gasteiger partial charge in [0.1, 0.15) is 0 Å². The van der Waals surface area contributed by atoms with E-state index in [9.17, 15) is 9.59 Å². The lowest BCUT2D eigenvalue weighted by atomic mass is 10.0. The molecule has 1 aliphatic rings. The Morgan fingerprint density at radius 3 is 2.52 bits per heavy atom. The average Bonchev–Trinajstić information content (AvgIpc) is 2.37. The average molecular weight is 289 g/mol. The van der Waals surface area contributed by atoms with Gasteiger partial charge in [0.05, 0.1) is 12.6 Å². The van der Waals surface area contributed by atoms with Crippen LogP contribution in [0.5, 0.6) is 0 Å². The monoisotopic (exact) mass is 289 g/mol. The van der Waals surface area contributed by atoms with Crippen molar-refractivity contribution < 1.29 is 9.59 Å². The number of anilines is 1. The van der Waals surface area contributed by atoms with Crippen molar-refractivity contribution in [3.8, 4) is 0 Å². The summed E-state index contributed by atoms with van der Waals surface area (Å²) in [6, 6.07) is 5.62. The number of primary amides is 1. The first-order valence-electron chi connectivity index (χ1n) is 7.37. The molecule has 1 aromatic rings. The summed E-state index contributed by atoms with van der Waals surface area (Å²) < 4.78 is 0. The molecule has 3 N–H and O–H groups in total. The van der Waals surface area contributed by atoms with Crippen LogP contribution >= 0.6 is 0 Å². The minimum absolute atomic E-state index is 0.104. The first-order chi connectivity index (χ1) is 9.95.